The third kappa shape index (κ3) is 11.1. The van der Waals surface area contributed by atoms with Crippen LogP contribution in [0.2, 0.25) is 0 Å². The van der Waals surface area contributed by atoms with Gasteiger partial charge < -0.3 is 19.7 Å². The fraction of sp³-hybridized carbons (Fsp3) is 0.708. The summed E-state index contributed by atoms with van der Waals surface area (Å²) >= 11 is 0. The van der Waals surface area contributed by atoms with Gasteiger partial charge in [-0.05, 0) is 12.5 Å². The van der Waals surface area contributed by atoms with Gasteiger partial charge in [-0.15, -0.1) is 0 Å². The molecule has 0 aliphatic heterocycles. The van der Waals surface area contributed by atoms with Gasteiger partial charge in [0.25, 0.3) is 0 Å². The minimum absolute atomic E-state index is 0.0126. The molecule has 0 bridgehead atoms. The van der Waals surface area contributed by atoms with Crippen molar-refractivity contribution >= 4 is 5.97 Å². The van der Waals surface area contributed by atoms with Crippen molar-refractivity contribution in [1.29, 1.82) is 0 Å². The Bertz CT molecular complexity index is 585. The van der Waals surface area contributed by atoms with Crippen molar-refractivity contribution in [3.63, 3.8) is 0 Å². The summed E-state index contributed by atoms with van der Waals surface area (Å²) in [6, 6.07) is 3.05. The van der Waals surface area contributed by atoms with E-state index in [1.54, 1.807) is 6.07 Å². The average molecular weight is 409 g/mol. The van der Waals surface area contributed by atoms with Gasteiger partial charge in [0.1, 0.15) is 5.75 Å². The standard InChI is InChI=1S/C24H40O5/c1-4-5-6-7-8-9-10-11-12-13-14-15-21(26)16-20-17-22(29-19(2)25)18-23(28-3)24(20)27/h17-18,21,26-27H,4-16H2,1-3H3/t21-/m1/s1. The second-order valence-electron chi connectivity index (χ2n) is 7.91. The van der Waals surface area contributed by atoms with Crippen LogP contribution in [0.3, 0.4) is 0 Å². The lowest BCUT2D eigenvalue weighted by Gasteiger charge is -2.15. The number of hydrogen-bond donors (Lipinski definition) is 2. The number of rotatable bonds is 16. The Hall–Kier alpha value is -1.75. The highest BCUT2D eigenvalue weighted by atomic mass is 16.5. The number of phenolic OH excluding ortho intramolecular Hbond substituents is 1. The van der Waals surface area contributed by atoms with Crippen LogP contribution in [0.15, 0.2) is 12.1 Å². The average Bonchev–Trinajstić information content (AvgIpc) is 2.68. The Morgan fingerprint density at radius 3 is 2.03 bits per heavy atom. The molecular formula is C24H40O5. The Morgan fingerprint density at radius 2 is 1.52 bits per heavy atom. The molecule has 0 amide bonds. The zero-order chi connectivity index (χ0) is 21.5. The molecule has 5 heteroatoms. The maximum atomic E-state index is 11.2. The number of carbonyl (C=O) groups is 1. The van der Waals surface area contributed by atoms with Gasteiger partial charge in [-0.25, -0.2) is 0 Å². The largest absolute Gasteiger partial charge is 0.504 e. The third-order valence-electron chi connectivity index (χ3n) is 5.21. The summed E-state index contributed by atoms with van der Waals surface area (Å²) in [5.41, 5.74) is 0.524. The van der Waals surface area contributed by atoms with E-state index < -0.39 is 12.1 Å². The second-order valence-corrected chi connectivity index (χ2v) is 7.91. The molecule has 29 heavy (non-hydrogen) atoms. The molecule has 0 fully saturated rings. The minimum atomic E-state index is -0.545. The van der Waals surface area contributed by atoms with Crippen molar-refractivity contribution in [3.05, 3.63) is 17.7 Å². The number of ether oxygens (including phenoxy) is 2. The molecule has 0 aliphatic rings. The molecule has 0 saturated heterocycles. The highest BCUT2D eigenvalue weighted by Crippen LogP contribution is 2.35. The first kappa shape index (κ1) is 25.3. The summed E-state index contributed by atoms with van der Waals surface area (Å²) in [7, 11) is 1.44. The van der Waals surface area contributed by atoms with Gasteiger partial charge in [0.2, 0.25) is 0 Å². The van der Waals surface area contributed by atoms with E-state index in [4.69, 9.17) is 9.47 Å². The van der Waals surface area contributed by atoms with Crippen molar-refractivity contribution < 1.29 is 24.5 Å². The van der Waals surface area contributed by atoms with Crippen LogP contribution in [0.5, 0.6) is 17.2 Å². The number of aliphatic hydroxyl groups excluding tert-OH is 1. The van der Waals surface area contributed by atoms with Crippen molar-refractivity contribution in [2.75, 3.05) is 7.11 Å². The van der Waals surface area contributed by atoms with E-state index >= 15 is 0 Å². The summed E-state index contributed by atoms with van der Waals surface area (Å²) in [5, 5.41) is 20.6. The lowest BCUT2D eigenvalue weighted by molar-refractivity contribution is -0.131. The Labute approximate surface area is 176 Å². The Kier molecular flexibility index (Phi) is 13.2. The predicted octanol–water partition coefficient (Wildman–Crippen LogP) is 5.93. The number of unbranched alkanes of at least 4 members (excludes halogenated alkanes) is 10. The molecule has 0 saturated carbocycles. The lowest BCUT2D eigenvalue weighted by Crippen LogP contribution is -2.11. The van der Waals surface area contributed by atoms with Crippen LogP contribution in [0.25, 0.3) is 0 Å². The maximum Gasteiger partial charge on any atom is 0.308 e. The number of esters is 1. The summed E-state index contributed by atoms with van der Waals surface area (Å²) in [6.07, 6.45) is 14.4. The predicted molar refractivity (Wildman–Crippen MR) is 117 cm³/mol. The van der Waals surface area contributed by atoms with Gasteiger partial charge >= 0.3 is 5.97 Å². The SMILES string of the molecule is CCCCCCCCCCCCC[C@@H](O)Cc1cc(OC(C)=O)cc(OC)c1O. The fourth-order valence-corrected chi connectivity index (χ4v) is 3.57. The number of aromatic hydroxyl groups is 1. The molecule has 5 nitrogen and oxygen atoms in total. The van der Waals surface area contributed by atoms with Crippen molar-refractivity contribution in [1.82, 2.24) is 0 Å². The van der Waals surface area contributed by atoms with Crippen LogP contribution in [0.4, 0.5) is 0 Å². The van der Waals surface area contributed by atoms with E-state index in [-0.39, 0.29) is 11.5 Å². The van der Waals surface area contributed by atoms with Crippen LogP contribution in [0, 0.1) is 0 Å². The zero-order valence-corrected chi connectivity index (χ0v) is 18.5. The summed E-state index contributed by atoms with van der Waals surface area (Å²) in [5.74, 6) is 0.0938. The number of methoxy groups -OCH3 is 1. The number of benzene rings is 1. The van der Waals surface area contributed by atoms with Gasteiger partial charge in [-0.1, -0.05) is 77.6 Å². The highest BCUT2D eigenvalue weighted by molar-refractivity contribution is 5.70. The maximum absolute atomic E-state index is 11.2. The molecule has 166 valence electrons. The minimum Gasteiger partial charge on any atom is -0.504 e. The normalized spacial score (nSPS) is 12.0. The highest BCUT2D eigenvalue weighted by Gasteiger charge is 2.16. The zero-order valence-electron chi connectivity index (χ0n) is 18.5. The Balaban J connectivity index is 2.27. The van der Waals surface area contributed by atoms with Crippen LogP contribution < -0.4 is 9.47 Å². The number of phenols is 1. The van der Waals surface area contributed by atoms with Gasteiger partial charge in [0, 0.05) is 25.0 Å². The van der Waals surface area contributed by atoms with Crippen molar-refractivity contribution in [2.45, 2.75) is 103 Å². The van der Waals surface area contributed by atoms with E-state index in [0.29, 0.717) is 24.2 Å². The summed E-state index contributed by atoms with van der Waals surface area (Å²) in [6.45, 7) is 3.57. The van der Waals surface area contributed by atoms with Gasteiger partial charge in [0.05, 0.1) is 13.2 Å². The first-order valence-corrected chi connectivity index (χ1v) is 11.2. The van der Waals surface area contributed by atoms with E-state index in [0.717, 1.165) is 12.8 Å². The van der Waals surface area contributed by atoms with Crippen molar-refractivity contribution in [3.8, 4) is 17.2 Å². The molecule has 1 rings (SSSR count). The summed E-state index contributed by atoms with van der Waals surface area (Å²) < 4.78 is 10.2. The van der Waals surface area contributed by atoms with E-state index in [9.17, 15) is 15.0 Å². The first-order valence-electron chi connectivity index (χ1n) is 11.2. The first-order chi connectivity index (χ1) is 14.0. The molecule has 0 aromatic heterocycles. The number of aliphatic hydroxyl groups is 1. The molecule has 2 N–H and O–H groups in total. The molecule has 0 heterocycles. The van der Waals surface area contributed by atoms with E-state index in [1.807, 2.05) is 0 Å². The van der Waals surface area contributed by atoms with Crippen LogP contribution in [0.1, 0.15) is 96.5 Å². The van der Waals surface area contributed by atoms with Crippen LogP contribution >= 0.6 is 0 Å². The fourth-order valence-electron chi connectivity index (χ4n) is 3.57. The molecule has 1 atom stereocenters. The molecule has 1 aromatic carbocycles. The van der Waals surface area contributed by atoms with E-state index in [2.05, 4.69) is 6.92 Å². The number of carbonyl (C=O) groups excluding carboxylic acids is 1. The molecular weight excluding hydrogens is 368 g/mol. The van der Waals surface area contributed by atoms with Crippen LogP contribution in [-0.4, -0.2) is 29.4 Å². The molecule has 0 spiro atoms. The van der Waals surface area contributed by atoms with Gasteiger partial charge in [-0.2, -0.15) is 0 Å². The van der Waals surface area contributed by atoms with Crippen molar-refractivity contribution in [2.24, 2.45) is 0 Å². The van der Waals surface area contributed by atoms with Gasteiger partial charge in [0.15, 0.2) is 11.5 Å². The topological polar surface area (TPSA) is 76.0 Å². The van der Waals surface area contributed by atoms with Crippen LogP contribution in [-0.2, 0) is 11.2 Å². The Morgan fingerprint density at radius 1 is 0.966 bits per heavy atom. The van der Waals surface area contributed by atoms with Gasteiger partial charge in [-0.3, -0.25) is 4.79 Å². The molecule has 0 unspecified atom stereocenters. The number of hydrogen-bond acceptors (Lipinski definition) is 5. The third-order valence-corrected chi connectivity index (χ3v) is 5.21. The lowest BCUT2D eigenvalue weighted by atomic mass is 10.00. The molecule has 0 radical (unpaired) electrons. The second kappa shape index (κ2) is 15.1. The molecule has 1 aromatic rings. The smallest absolute Gasteiger partial charge is 0.308 e. The van der Waals surface area contributed by atoms with E-state index in [1.165, 1.54) is 77.9 Å². The monoisotopic (exact) mass is 408 g/mol. The quantitative estimate of drug-likeness (QED) is 0.201. The molecule has 0 aliphatic carbocycles. The summed E-state index contributed by atoms with van der Waals surface area (Å²) in [4.78, 5) is 11.2.